The fraction of sp³-hybridized carbons (Fsp3) is 0.143. The average molecular weight is 137 g/mol. The van der Waals surface area contributed by atoms with Crippen molar-refractivity contribution in [2.75, 3.05) is 5.73 Å². The lowest BCUT2D eigenvalue weighted by Gasteiger charge is -1.89. The van der Waals surface area contributed by atoms with Crippen LogP contribution in [0.2, 0.25) is 0 Å². The first kappa shape index (κ1) is 6.74. The molecule has 0 aliphatic heterocycles. The Morgan fingerprint density at radius 2 is 2.10 bits per heavy atom. The summed E-state index contributed by atoms with van der Waals surface area (Å²) in [6, 6.07) is 3.51. The van der Waals surface area contributed by atoms with Gasteiger partial charge < -0.3 is 5.73 Å². The van der Waals surface area contributed by atoms with E-state index in [2.05, 4.69) is 0 Å². The van der Waals surface area contributed by atoms with Gasteiger partial charge in [-0.3, -0.25) is 4.79 Å². The molecule has 0 bridgehead atoms. The summed E-state index contributed by atoms with van der Waals surface area (Å²) >= 11 is 0. The molecule has 3 heteroatoms. The molecule has 1 aromatic rings. The molecule has 2 N–H and O–H groups in total. The number of nitrogens with zero attached hydrogens (tertiary/aromatic N) is 1. The lowest BCUT2D eigenvalue weighted by atomic mass is 10.4. The van der Waals surface area contributed by atoms with Crippen LogP contribution in [0.5, 0.6) is 0 Å². The van der Waals surface area contributed by atoms with E-state index in [9.17, 15) is 4.79 Å². The molecule has 0 saturated carbocycles. The Labute approximate surface area is 59.1 Å². The highest BCUT2D eigenvalue weighted by Gasteiger charge is 1.94. The van der Waals surface area contributed by atoms with Crippen molar-refractivity contribution < 1.29 is 9.36 Å². The molecule has 3 nitrogen and oxygen atoms in total. The molecule has 0 saturated heterocycles. The number of aromatic nitrogens is 1. The zero-order valence-corrected chi connectivity index (χ0v) is 5.53. The van der Waals surface area contributed by atoms with Gasteiger partial charge in [0.2, 0.25) is 6.54 Å². The number of pyridine rings is 1. The fourth-order valence-corrected chi connectivity index (χ4v) is 0.677. The van der Waals surface area contributed by atoms with Crippen molar-refractivity contribution in [3.05, 3.63) is 24.5 Å². The number of aldehydes is 1. The molecule has 0 aromatic carbocycles. The second-order valence-corrected chi connectivity index (χ2v) is 1.99. The number of hydrogen-bond acceptors (Lipinski definition) is 2. The molecule has 1 heterocycles. The summed E-state index contributed by atoms with van der Waals surface area (Å²) < 4.78 is 1.75. The number of nitrogens with two attached hydrogens (primary N) is 1. The van der Waals surface area contributed by atoms with Crippen molar-refractivity contribution in [1.29, 1.82) is 0 Å². The van der Waals surface area contributed by atoms with Crippen LogP contribution in [-0.2, 0) is 11.3 Å². The second-order valence-electron chi connectivity index (χ2n) is 1.99. The van der Waals surface area contributed by atoms with Gasteiger partial charge in [-0.15, -0.1) is 0 Å². The van der Waals surface area contributed by atoms with Crippen LogP contribution in [-0.4, -0.2) is 6.29 Å². The highest BCUT2D eigenvalue weighted by atomic mass is 16.1. The molecule has 0 radical (unpaired) electrons. The number of carbonyl (C=O) groups excluding carboxylic acids is 1. The van der Waals surface area contributed by atoms with Crippen molar-refractivity contribution in [3.8, 4) is 0 Å². The van der Waals surface area contributed by atoms with Gasteiger partial charge in [0.1, 0.15) is 0 Å². The van der Waals surface area contributed by atoms with Gasteiger partial charge in [-0.05, 0) is 0 Å². The van der Waals surface area contributed by atoms with E-state index in [1.54, 1.807) is 29.1 Å². The Kier molecular flexibility index (Phi) is 1.99. The quantitative estimate of drug-likeness (QED) is 0.451. The maximum absolute atomic E-state index is 10.0. The highest BCUT2D eigenvalue weighted by molar-refractivity contribution is 5.46. The van der Waals surface area contributed by atoms with E-state index in [-0.39, 0.29) is 0 Å². The molecular formula is C7H9N2O+. The fourth-order valence-electron chi connectivity index (χ4n) is 0.677. The van der Waals surface area contributed by atoms with Gasteiger partial charge in [0.15, 0.2) is 18.7 Å². The standard InChI is InChI=1S/C7H8N2O/c8-7-1-3-9(4-2-7)5-6-10/h1-4,6,8H,5H2/p+1. The van der Waals surface area contributed by atoms with E-state index in [0.717, 1.165) is 6.29 Å². The average Bonchev–Trinajstić information content (AvgIpc) is 1.95. The summed E-state index contributed by atoms with van der Waals surface area (Å²) in [5, 5.41) is 0. The van der Waals surface area contributed by atoms with E-state index in [0.29, 0.717) is 12.2 Å². The number of anilines is 1. The summed E-state index contributed by atoms with van der Waals surface area (Å²) in [7, 11) is 0. The van der Waals surface area contributed by atoms with Crippen LogP contribution < -0.4 is 10.3 Å². The molecular weight excluding hydrogens is 128 g/mol. The van der Waals surface area contributed by atoms with Crippen LogP contribution in [0.25, 0.3) is 0 Å². The van der Waals surface area contributed by atoms with Gasteiger partial charge in [-0.25, -0.2) is 0 Å². The molecule has 0 unspecified atom stereocenters. The summed E-state index contributed by atoms with van der Waals surface area (Å²) in [5.41, 5.74) is 6.13. The maximum Gasteiger partial charge on any atom is 0.203 e. The van der Waals surface area contributed by atoms with Crippen LogP contribution in [0.4, 0.5) is 5.69 Å². The minimum absolute atomic E-state index is 0.389. The zero-order chi connectivity index (χ0) is 7.40. The molecule has 52 valence electrons. The van der Waals surface area contributed by atoms with E-state index in [1.807, 2.05) is 0 Å². The van der Waals surface area contributed by atoms with Crippen LogP contribution in [0.15, 0.2) is 24.5 Å². The minimum atomic E-state index is 0.389. The Balaban J connectivity index is 2.78. The lowest BCUT2D eigenvalue weighted by molar-refractivity contribution is -0.682. The van der Waals surface area contributed by atoms with Crippen molar-refractivity contribution in [3.63, 3.8) is 0 Å². The van der Waals surface area contributed by atoms with E-state index >= 15 is 0 Å². The predicted molar refractivity (Wildman–Crippen MR) is 37.1 cm³/mol. The Bertz CT molecular complexity index is 218. The Morgan fingerprint density at radius 3 is 2.60 bits per heavy atom. The van der Waals surface area contributed by atoms with Gasteiger partial charge in [0.25, 0.3) is 0 Å². The van der Waals surface area contributed by atoms with Gasteiger partial charge in [-0.2, -0.15) is 4.57 Å². The van der Waals surface area contributed by atoms with Gasteiger partial charge >= 0.3 is 0 Å². The first-order chi connectivity index (χ1) is 4.83. The monoisotopic (exact) mass is 137 g/mol. The number of hydrogen-bond donors (Lipinski definition) is 1. The Morgan fingerprint density at radius 1 is 1.50 bits per heavy atom. The Hall–Kier alpha value is -1.38. The van der Waals surface area contributed by atoms with Crippen molar-refractivity contribution in [2.45, 2.75) is 6.54 Å². The summed E-state index contributed by atoms with van der Waals surface area (Å²) in [6.07, 6.45) is 4.38. The largest absolute Gasteiger partial charge is 0.398 e. The molecule has 0 aliphatic rings. The number of carbonyl (C=O) groups is 1. The van der Waals surface area contributed by atoms with Crippen LogP contribution >= 0.6 is 0 Å². The normalized spacial score (nSPS) is 9.20. The molecule has 0 atom stereocenters. The van der Waals surface area contributed by atoms with Crippen LogP contribution in [0.1, 0.15) is 0 Å². The second kappa shape index (κ2) is 2.96. The van der Waals surface area contributed by atoms with Gasteiger partial charge in [0, 0.05) is 17.8 Å². The molecule has 1 aromatic heterocycles. The summed E-state index contributed by atoms with van der Waals surface area (Å²) in [6.45, 7) is 0.389. The third-order valence-corrected chi connectivity index (χ3v) is 1.20. The predicted octanol–water partition coefficient (Wildman–Crippen LogP) is -0.245. The molecule has 0 fully saturated rings. The topological polar surface area (TPSA) is 47.0 Å². The van der Waals surface area contributed by atoms with Crippen LogP contribution in [0.3, 0.4) is 0 Å². The van der Waals surface area contributed by atoms with Crippen molar-refractivity contribution in [1.82, 2.24) is 0 Å². The molecule has 1 rings (SSSR count). The van der Waals surface area contributed by atoms with Crippen LogP contribution in [0, 0.1) is 0 Å². The van der Waals surface area contributed by atoms with Gasteiger partial charge in [0.05, 0.1) is 0 Å². The number of nitrogen functional groups attached to an aromatic ring is 1. The van der Waals surface area contributed by atoms with E-state index in [1.165, 1.54) is 0 Å². The highest BCUT2D eigenvalue weighted by Crippen LogP contribution is 1.92. The van der Waals surface area contributed by atoms with Crippen molar-refractivity contribution in [2.24, 2.45) is 0 Å². The smallest absolute Gasteiger partial charge is 0.203 e. The first-order valence-corrected chi connectivity index (χ1v) is 3.01. The van der Waals surface area contributed by atoms with E-state index < -0.39 is 0 Å². The molecule has 10 heavy (non-hydrogen) atoms. The minimum Gasteiger partial charge on any atom is -0.398 e. The lowest BCUT2D eigenvalue weighted by Crippen LogP contribution is -2.33. The van der Waals surface area contributed by atoms with Gasteiger partial charge in [-0.1, -0.05) is 0 Å². The van der Waals surface area contributed by atoms with Crippen molar-refractivity contribution >= 4 is 12.0 Å². The summed E-state index contributed by atoms with van der Waals surface area (Å²) in [4.78, 5) is 10.0. The SMILES string of the molecule is Nc1cc[n+](CC=O)cc1. The molecule has 0 spiro atoms. The third-order valence-electron chi connectivity index (χ3n) is 1.20. The molecule has 0 amide bonds. The van der Waals surface area contributed by atoms with E-state index in [4.69, 9.17) is 5.73 Å². The first-order valence-electron chi connectivity index (χ1n) is 3.01. The summed E-state index contributed by atoms with van der Waals surface area (Å²) in [5.74, 6) is 0. The number of rotatable bonds is 2. The zero-order valence-electron chi connectivity index (χ0n) is 5.53. The molecule has 0 aliphatic carbocycles. The third kappa shape index (κ3) is 1.55. The maximum atomic E-state index is 10.0.